The number of aromatic nitrogens is 1. The van der Waals surface area contributed by atoms with Gasteiger partial charge in [-0.05, 0) is 46.1 Å². The Labute approximate surface area is 109 Å². The maximum Gasteiger partial charge on any atom is 0.134 e. The van der Waals surface area contributed by atoms with Gasteiger partial charge < -0.3 is 4.74 Å². The van der Waals surface area contributed by atoms with E-state index in [2.05, 4.69) is 32.8 Å². The van der Waals surface area contributed by atoms with Gasteiger partial charge in [0, 0.05) is 10.7 Å². The number of hydrogen-bond acceptors (Lipinski definition) is 2. The number of para-hydroxylation sites is 1. The first kappa shape index (κ1) is 11.7. The molecular formula is C14H10BrNO. The van der Waals surface area contributed by atoms with E-state index >= 15 is 0 Å². The standard InChI is InChI=1S/C14H10BrNO/c1-17-14-5-3-2-4-11(14)6-8-13-9-7-12(15)10-16-13/h2-5,7,9-10H,1H3. The van der Waals surface area contributed by atoms with E-state index < -0.39 is 0 Å². The van der Waals surface area contributed by atoms with Crippen molar-refractivity contribution in [3.05, 3.63) is 58.3 Å². The maximum absolute atomic E-state index is 5.22. The van der Waals surface area contributed by atoms with Gasteiger partial charge in [0.1, 0.15) is 11.4 Å². The second kappa shape index (κ2) is 5.51. The van der Waals surface area contributed by atoms with E-state index in [0.29, 0.717) is 0 Å². The lowest BCUT2D eigenvalue weighted by Crippen LogP contribution is -1.87. The van der Waals surface area contributed by atoms with Crippen molar-refractivity contribution < 1.29 is 4.74 Å². The highest BCUT2D eigenvalue weighted by atomic mass is 79.9. The van der Waals surface area contributed by atoms with Crippen molar-refractivity contribution in [1.82, 2.24) is 4.98 Å². The molecule has 0 aliphatic rings. The molecule has 3 heteroatoms. The minimum atomic E-state index is 0.735. The third kappa shape index (κ3) is 3.08. The van der Waals surface area contributed by atoms with Gasteiger partial charge in [-0.1, -0.05) is 18.1 Å². The second-order valence-electron chi connectivity index (χ2n) is 3.31. The molecule has 1 aromatic carbocycles. The number of rotatable bonds is 1. The quantitative estimate of drug-likeness (QED) is 0.751. The summed E-state index contributed by atoms with van der Waals surface area (Å²) in [6, 6.07) is 11.4. The number of halogens is 1. The monoisotopic (exact) mass is 287 g/mol. The molecule has 1 aromatic heterocycles. The van der Waals surface area contributed by atoms with Crippen molar-refractivity contribution in [2.45, 2.75) is 0 Å². The minimum Gasteiger partial charge on any atom is -0.495 e. The highest BCUT2D eigenvalue weighted by molar-refractivity contribution is 9.10. The number of methoxy groups -OCH3 is 1. The molecule has 0 atom stereocenters. The van der Waals surface area contributed by atoms with Crippen LogP contribution < -0.4 is 4.74 Å². The van der Waals surface area contributed by atoms with Gasteiger partial charge in [0.2, 0.25) is 0 Å². The first-order chi connectivity index (χ1) is 8.29. The van der Waals surface area contributed by atoms with Crippen LogP contribution in [0.3, 0.4) is 0 Å². The lowest BCUT2D eigenvalue weighted by molar-refractivity contribution is 0.413. The molecule has 0 radical (unpaired) electrons. The SMILES string of the molecule is COc1ccccc1C#Cc1ccc(Br)cn1. The Morgan fingerprint density at radius 3 is 2.65 bits per heavy atom. The van der Waals surface area contributed by atoms with Gasteiger partial charge in [-0.25, -0.2) is 4.98 Å². The van der Waals surface area contributed by atoms with Gasteiger partial charge in [-0.2, -0.15) is 0 Å². The minimum absolute atomic E-state index is 0.735. The highest BCUT2D eigenvalue weighted by Crippen LogP contribution is 2.15. The summed E-state index contributed by atoms with van der Waals surface area (Å²) >= 11 is 3.33. The largest absolute Gasteiger partial charge is 0.495 e. The normalized spacial score (nSPS) is 9.29. The fourth-order valence-electron chi connectivity index (χ4n) is 1.33. The van der Waals surface area contributed by atoms with Gasteiger partial charge >= 0.3 is 0 Å². The first-order valence-corrected chi connectivity index (χ1v) is 5.85. The summed E-state index contributed by atoms with van der Waals surface area (Å²) < 4.78 is 6.17. The van der Waals surface area contributed by atoms with Crippen LogP contribution in [0.1, 0.15) is 11.3 Å². The Morgan fingerprint density at radius 1 is 1.12 bits per heavy atom. The topological polar surface area (TPSA) is 22.1 Å². The number of ether oxygens (including phenoxy) is 1. The third-order valence-electron chi connectivity index (χ3n) is 2.16. The van der Waals surface area contributed by atoms with Gasteiger partial charge in [0.15, 0.2) is 0 Å². The molecule has 0 aliphatic carbocycles. The van der Waals surface area contributed by atoms with Crippen LogP contribution in [0.25, 0.3) is 0 Å². The maximum atomic E-state index is 5.22. The van der Waals surface area contributed by atoms with Crippen molar-refractivity contribution in [1.29, 1.82) is 0 Å². The molecule has 0 aliphatic heterocycles. The molecule has 2 aromatic rings. The molecule has 0 unspecified atom stereocenters. The van der Waals surface area contributed by atoms with Crippen molar-refractivity contribution in [3.63, 3.8) is 0 Å². The van der Waals surface area contributed by atoms with E-state index in [1.165, 1.54) is 0 Å². The fourth-order valence-corrected chi connectivity index (χ4v) is 1.56. The Balaban J connectivity index is 2.29. The summed E-state index contributed by atoms with van der Waals surface area (Å²) in [6.45, 7) is 0. The van der Waals surface area contributed by atoms with E-state index in [9.17, 15) is 0 Å². The van der Waals surface area contributed by atoms with E-state index in [4.69, 9.17) is 4.74 Å². The molecule has 0 saturated heterocycles. The summed E-state index contributed by atoms with van der Waals surface area (Å²) in [6.07, 6.45) is 1.73. The van der Waals surface area contributed by atoms with Crippen LogP contribution in [0.4, 0.5) is 0 Å². The summed E-state index contributed by atoms with van der Waals surface area (Å²) in [5.74, 6) is 6.82. The predicted molar refractivity (Wildman–Crippen MR) is 70.9 cm³/mol. The molecule has 2 nitrogen and oxygen atoms in total. The molecule has 0 spiro atoms. The predicted octanol–water partition coefficient (Wildman–Crippen LogP) is 3.25. The van der Waals surface area contributed by atoms with Gasteiger partial charge in [-0.15, -0.1) is 0 Å². The zero-order valence-corrected chi connectivity index (χ0v) is 10.9. The zero-order chi connectivity index (χ0) is 12.1. The Morgan fingerprint density at radius 2 is 1.94 bits per heavy atom. The first-order valence-electron chi connectivity index (χ1n) is 5.06. The Bertz CT molecular complexity index is 567. The third-order valence-corrected chi connectivity index (χ3v) is 2.63. The second-order valence-corrected chi connectivity index (χ2v) is 4.23. The summed E-state index contributed by atoms with van der Waals surface area (Å²) in [5.41, 5.74) is 1.60. The summed E-state index contributed by atoms with van der Waals surface area (Å²) in [5, 5.41) is 0. The average molecular weight is 288 g/mol. The molecule has 17 heavy (non-hydrogen) atoms. The van der Waals surface area contributed by atoms with Crippen molar-refractivity contribution in [3.8, 4) is 17.6 Å². The van der Waals surface area contributed by atoms with E-state index in [-0.39, 0.29) is 0 Å². The molecule has 0 N–H and O–H groups in total. The number of benzene rings is 1. The molecule has 0 bridgehead atoms. The number of hydrogen-bond donors (Lipinski definition) is 0. The van der Waals surface area contributed by atoms with Gasteiger partial charge in [0.25, 0.3) is 0 Å². The number of nitrogens with zero attached hydrogens (tertiary/aromatic N) is 1. The average Bonchev–Trinajstić information content (AvgIpc) is 2.38. The zero-order valence-electron chi connectivity index (χ0n) is 9.27. The van der Waals surface area contributed by atoms with E-state index in [0.717, 1.165) is 21.5 Å². The fraction of sp³-hybridized carbons (Fsp3) is 0.0714. The summed E-state index contributed by atoms with van der Waals surface area (Å²) in [7, 11) is 1.64. The van der Waals surface area contributed by atoms with E-state index in [1.54, 1.807) is 13.3 Å². The Hall–Kier alpha value is -1.79. The molecule has 84 valence electrons. The Kier molecular flexibility index (Phi) is 3.79. The van der Waals surface area contributed by atoms with Crippen LogP contribution in [0.15, 0.2) is 47.1 Å². The molecule has 1 heterocycles. The van der Waals surface area contributed by atoms with Crippen molar-refractivity contribution >= 4 is 15.9 Å². The van der Waals surface area contributed by atoms with E-state index in [1.807, 2.05) is 36.4 Å². The molecule has 2 rings (SSSR count). The van der Waals surface area contributed by atoms with Crippen LogP contribution in [0.5, 0.6) is 5.75 Å². The van der Waals surface area contributed by atoms with Crippen LogP contribution in [0.2, 0.25) is 0 Å². The molecule has 0 fully saturated rings. The molecule has 0 amide bonds. The van der Waals surface area contributed by atoms with Crippen LogP contribution in [-0.2, 0) is 0 Å². The summed E-state index contributed by atoms with van der Waals surface area (Å²) in [4.78, 5) is 4.19. The lowest BCUT2D eigenvalue weighted by atomic mass is 10.2. The molecule has 0 saturated carbocycles. The smallest absolute Gasteiger partial charge is 0.134 e. The van der Waals surface area contributed by atoms with Crippen LogP contribution in [-0.4, -0.2) is 12.1 Å². The van der Waals surface area contributed by atoms with Crippen LogP contribution >= 0.6 is 15.9 Å². The van der Waals surface area contributed by atoms with Gasteiger partial charge in [-0.3, -0.25) is 0 Å². The lowest BCUT2D eigenvalue weighted by Gasteiger charge is -2.00. The number of pyridine rings is 1. The molecular weight excluding hydrogens is 278 g/mol. The van der Waals surface area contributed by atoms with Crippen molar-refractivity contribution in [2.75, 3.05) is 7.11 Å². The highest BCUT2D eigenvalue weighted by Gasteiger charge is 1.96. The van der Waals surface area contributed by atoms with Gasteiger partial charge in [0.05, 0.1) is 12.7 Å². The van der Waals surface area contributed by atoms with Crippen molar-refractivity contribution in [2.24, 2.45) is 0 Å². The van der Waals surface area contributed by atoms with Crippen LogP contribution in [0, 0.1) is 11.8 Å².